The molecule has 2 aliphatic heterocycles. The van der Waals surface area contributed by atoms with E-state index in [0.717, 1.165) is 45.6 Å². The quantitative estimate of drug-likeness (QED) is 0.912. The third-order valence-electron chi connectivity index (χ3n) is 4.18. The molecule has 0 saturated carbocycles. The van der Waals surface area contributed by atoms with Crippen LogP contribution in [0.15, 0.2) is 6.20 Å². The molecule has 1 spiro atoms. The fraction of sp³-hybridized carbons (Fsp3) is 0.846. The summed E-state index contributed by atoms with van der Waals surface area (Å²) in [5.74, 6) is 0.581. The van der Waals surface area contributed by atoms with Gasteiger partial charge in [0.15, 0.2) is 0 Å². The normalized spacial score (nSPS) is 32.8. The lowest BCUT2D eigenvalue weighted by molar-refractivity contribution is -0.103. The lowest BCUT2D eigenvalue weighted by atomic mass is 9.80. The zero-order valence-corrected chi connectivity index (χ0v) is 12.1. The van der Waals surface area contributed by atoms with Crippen LogP contribution in [0.1, 0.15) is 37.1 Å². The average molecular weight is 283 g/mol. The van der Waals surface area contributed by atoms with E-state index in [1.807, 2.05) is 6.20 Å². The largest absolute Gasteiger partial charge is 0.378 e. The predicted molar refractivity (Wildman–Crippen MR) is 73.2 cm³/mol. The molecule has 0 aliphatic carbocycles. The van der Waals surface area contributed by atoms with E-state index >= 15 is 0 Å². The first-order valence-electron chi connectivity index (χ1n) is 7.05. The van der Waals surface area contributed by atoms with Crippen molar-refractivity contribution in [2.45, 2.75) is 37.8 Å². The maximum absolute atomic E-state index is 6.02. The summed E-state index contributed by atoms with van der Waals surface area (Å²) in [4.78, 5) is 1.24. The summed E-state index contributed by atoms with van der Waals surface area (Å²) in [6, 6.07) is 0.353. The number of hydrogen-bond acceptors (Lipinski definition) is 6. The Labute approximate surface area is 117 Å². The molecule has 2 fully saturated rings. The number of ether oxygens (including phenoxy) is 2. The van der Waals surface area contributed by atoms with E-state index in [1.54, 1.807) is 0 Å². The number of aromatic nitrogens is 2. The Morgan fingerprint density at radius 3 is 3.21 bits per heavy atom. The van der Waals surface area contributed by atoms with Crippen LogP contribution in [0.4, 0.5) is 0 Å². The Hall–Kier alpha value is -0.560. The topological polar surface area (TPSA) is 56.3 Å². The van der Waals surface area contributed by atoms with Crippen LogP contribution in [0.25, 0.3) is 0 Å². The lowest BCUT2D eigenvalue weighted by Gasteiger charge is -2.40. The van der Waals surface area contributed by atoms with Crippen LogP contribution in [0.3, 0.4) is 0 Å². The van der Waals surface area contributed by atoms with Gasteiger partial charge in [-0.25, -0.2) is 0 Å². The number of nitrogens with one attached hydrogen (secondary N) is 1. The van der Waals surface area contributed by atoms with Crippen molar-refractivity contribution >= 4 is 11.5 Å². The minimum atomic E-state index is -0.0330. The summed E-state index contributed by atoms with van der Waals surface area (Å²) in [5.41, 5.74) is -0.0330. The van der Waals surface area contributed by atoms with Crippen LogP contribution in [-0.4, -0.2) is 41.6 Å². The fourth-order valence-electron chi connectivity index (χ4n) is 3.24. The highest BCUT2D eigenvalue weighted by molar-refractivity contribution is 7.05. The Balaban J connectivity index is 1.74. The molecule has 1 aromatic heterocycles. The summed E-state index contributed by atoms with van der Waals surface area (Å²) in [7, 11) is 0. The summed E-state index contributed by atoms with van der Waals surface area (Å²) < 4.78 is 15.6. The average Bonchev–Trinajstić information content (AvgIpc) is 3.08. The van der Waals surface area contributed by atoms with Crippen molar-refractivity contribution in [3.05, 3.63) is 11.1 Å². The second-order valence-corrected chi connectivity index (χ2v) is 6.26. The van der Waals surface area contributed by atoms with E-state index in [4.69, 9.17) is 9.47 Å². The maximum atomic E-state index is 6.02. The summed E-state index contributed by atoms with van der Waals surface area (Å²) >= 11 is 1.50. The minimum Gasteiger partial charge on any atom is -0.378 e. The van der Waals surface area contributed by atoms with E-state index in [2.05, 4.69) is 21.8 Å². The summed E-state index contributed by atoms with van der Waals surface area (Å²) in [6.07, 6.45) is 5.09. The standard InChI is InChI=1S/C13H21N3O2S/c1-2-14-12(11-8-15-16-19-11)10-3-5-18-13(7-10)4-6-17-9-13/h8,10,12,14H,2-7,9H2,1H3. The second kappa shape index (κ2) is 5.83. The smallest absolute Gasteiger partial charge is 0.0940 e. The van der Waals surface area contributed by atoms with Gasteiger partial charge in [0.1, 0.15) is 0 Å². The first-order valence-corrected chi connectivity index (χ1v) is 7.83. The first kappa shape index (κ1) is 13.4. The van der Waals surface area contributed by atoms with Crippen molar-refractivity contribution in [3.8, 4) is 0 Å². The van der Waals surface area contributed by atoms with Gasteiger partial charge < -0.3 is 14.8 Å². The van der Waals surface area contributed by atoms with E-state index < -0.39 is 0 Å². The van der Waals surface area contributed by atoms with Crippen molar-refractivity contribution in [1.82, 2.24) is 14.9 Å². The maximum Gasteiger partial charge on any atom is 0.0940 e. The van der Waals surface area contributed by atoms with Gasteiger partial charge in [-0.3, -0.25) is 0 Å². The molecule has 1 aromatic rings. The molecule has 106 valence electrons. The number of nitrogens with zero attached hydrogens (tertiary/aromatic N) is 2. The van der Waals surface area contributed by atoms with E-state index in [-0.39, 0.29) is 5.60 Å². The van der Waals surface area contributed by atoms with Crippen LogP contribution in [-0.2, 0) is 9.47 Å². The second-order valence-electron chi connectivity index (χ2n) is 5.44. The fourth-order valence-corrected chi connectivity index (χ4v) is 3.92. The van der Waals surface area contributed by atoms with Gasteiger partial charge >= 0.3 is 0 Å². The molecule has 0 amide bonds. The highest BCUT2D eigenvalue weighted by atomic mass is 32.1. The summed E-state index contributed by atoms with van der Waals surface area (Å²) in [6.45, 7) is 5.53. The highest BCUT2D eigenvalue weighted by Crippen LogP contribution is 2.41. The molecule has 2 aliphatic rings. The molecule has 3 rings (SSSR count). The minimum absolute atomic E-state index is 0.0330. The van der Waals surface area contributed by atoms with Crippen LogP contribution in [0.2, 0.25) is 0 Å². The zero-order chi connectivity index (χ0) is 13.1. The monoisotopic (exact) mass is 283 g/mol. The summed E-state index contributed by atoms with van der Waals surface area (Å²) in [5, 5.41) is 7.58. The molecule has 6 heteroatoms. The molecular weight excluding hydrogens is 262 g/mol. The van der Waals surface area contributed by atoms with E-state index in [0.29, 0.717) is 12.0 Å². The van der Waals surface area contributed by atoms with Gasteiger partial charge in [0.05, 0.1) is 23.3 Å². The zero-order valence-electron chi connectivity index (χ0n) is 11.3. The van der Waals surface area contributed by atoms with Crippen molar-refractivity contribution in [3.63, 3.8) is 0 Å². The Bertz CT molecular complexity index is 393. The van der Waals surface area contributed by atoms with Gasteiger partial charge in [-0.15, -0.1) is 5.10 Å². The van der Waals surface area contributed by atoms with E-state index in [9.17, 15) is 0 Å². The lowest BCUT2D eigenvalue weighted by Crippen LogP contribution is -2.44. The van der Waals surface area contributed by atoms with E-state index in [1.165, 1.54) is 16.4 Å². The van der Waals surface area contributed by atoms with Crippen molar-refractivity contribution < 1.29 is 9.47 Å². The predicted octanol–water partition coefficient (Wildman–Crippen LogP) is 1.77. The molecule has 0 radical (unpaired) electrons. The molecule has 0 aromatic carbocycles. The SMILES string of the molecule is CCNC(c1cnns1)C1CCOC2(CCOC2)C1. The van der Waals surface area contributed by atoms with Gasteiger partial charge in [0, 0.05) is 25.7 Å². The number of hydrogen-bond donors (Lipinski definition) is 1. The molecular formula is C13H21N3O2S. The van der Waals surface area contributed by atoms with Crippen LogP contribution in [0, 0.1) is 5.92 Å². The van der Waals surface area contributed by atoms with Gasteiger partial charge in [0.25, 0.3) is 0 Å². The van der Waals surface area contributed by atoms with Crippen LogP contribution in [0.5, 0.6) is 0 Å². The molecule has 3 heterocycles. The highest BCUT2D eigenvalue weighted by Gasteiger charge is 2.43. The van der Waals surface area contributed by atoms with Crippen molar-refractivity contribution in [2.75, 3.05) is 26.4 Å². The van der Waals surface area contributed by atoms with Crippen molar-refractivity contribution in [1.29, 1.82) is 0 Å². The Kier molecular flexibility index (Phi) is 4.12. The molecule has 0 bridgehead atoms. The first-order chi connectivity index (χ1) is 9.33. The molecule has 1 N–H and O–H groups in total. The molecule has 3 unspecified atom stereocenters. The molecule has 2 saturated heterocycles. The molecule has 3 atom stereocenters. The third kappa shape index (κ3) is 2.81. The number of rotatable bonds is 4. The van der Waals surface area contributed by atoms with Gasteiger partial charge in [-0.2, -0.15) is 0 Å². The molecule has 19 heavy (non-hydrogen) atoms. The van der Waals surface area contributed by atoms with Crippen LogP contribution >= 0.6 is 11.5 Å². The Morgan fingerprint density at radius 2 is 2.53 bits per heavy atom. The van der Waals surface area contributed by atoms with Gasteiger partial charge in [0.2, 0.25) is 0 Å². The van der Waals surface area contributed by atoms with Crippen LogP contribution < -0.4 is 5.32 Å². The van der Waals surface area contributed by atoms with Gasteiger partial charge in [-0.05, 0) is 36.8 Å². The van der Waals surface area contributed by atoms with Gasteiger partial charge in [-0.1, -0.05) is 11.4 Å². The molecule has 5 nitrogen and oxygen atoms in total. The Morgan fingerprint density at radius 1 is 1.58 bits per heavy atom. The van der Waals surface area contributed by atoms with Crippen molar-refractivity contribution in [2.24, 2.45) is 5.92 Å². The third-order valence-corrected chi connectivity index (χ3v) is 4.92.